The van der Waals surface area contributed by atoms with Crippen LogP contribution >= 0.6 is 7.14 Å². The topological polar surface area (TPSA) is 30.0 Å². The maximum absolute atomic E-state index is 13.9. The van der Waals surface area contributed by atoms with Crippen molar-refractivity contribution in [1.82, 2.24) is 4.98 Å². The molecule has 0 aliphatic rings. The van der Waals surface area contributed by atoms with E-state index in [2.05, 4.69) is 11.1 Å². The van der Waals surface area contributed by atoms with Gasteiger partial charge in [0.05, 0.1) is 0 Å². The lowest BCUT2D eigenvalue weighted by Crippen LogP contribution is -2.19. The average molecular weight is 321 g/mol. The van der Waals surface area contributed by atoms with E-state index in [4.69, 9.17) is 0 Å². The Morgan fingerprint density at radius 3 is 1.96 bits per heavy atom. The van der Waals surface area contributed by atoms with Crippen LogP contribution in [0.5, 0.6) is 0 Å². The van der Waals surface area contributed by atoms with Crippen molar-refractivity contribution in [3.63, 3.8) is 0 Å². The molecule has 0 aliphatic carbocycles. The Balaban J connectivity index is 1.95. The summed E-state index contributed by atoms with van der Waals surface area (Å²) >= 11 is 0. The molecule has 3 rings (SSSR count). The fourth-order valence-electron chi connectivity index (χ4n) is 2.79. The highest BCUT2D eigenvalue weighted by atomic mass is 31.2. The lowest BCUT2D eigenvalue weighted by molar-refractivity contribution is 0.586. The molecule has 0 saturated carbocycles. The zero-order chi connectivity index (χ0) is 16.1. The van der Waals surface area contributed by atoms with Gasteiger partial charge in [-0.05, 0) is 31.0 Å². The van der Waals surface area contributed by atoms with Crippen LogP contribution in [-0.4, -0.2) is 11.1 Å². The second-order valence-electron chi connectivity index (χ2n) is 5.69. The molecule has 23 heavy (non-hydrogen) atoms. The second-order valence-corrected chi connectivity index (χ2v) is 8.65. The van der Waals surface area contributed by atoms with Crippen molar-refractivity contribution in [3.8, 4) is 0 Å². The molecule has 0 atom stereocenters. The Morgan fingerprint density at radius 1 is 0.870 bits per heavy atom. The minimum atomic E-state index is -2.63. The van der Waals surface area contributed by atoms with Gasteiger partial charge in [-0.1, -0.05) is 60.7 Å². The first-order valence-corrected chi connectivity index (χ1v) is 9.69. The molecule has 0 aliphatic heterocycles. The van der Waals surface area contributed by atoms with Gasteiger partial charge in [0, 0.05) is 28.7 Å². The third kappa shape index (κ3) is 3.60. The van der Waals surface area contributed by atoms with Crippen LogP contribution in [0.15, 0.2) is 79.0 Å². The predicted molar refractivity (Wildman–Crippen MR) is 97.3 cm³/mol. The molecule has 0 saturated heterocycles. The van der Waals surface area contributed by atoms with Gasteiger partial charge in [0.25, 0.3) is 0 Å². The Hall–Kier alpha value is -2.18. The number of aromatic nitrogens is 1. The molecule has 0 unspecified atom stereocenters. The summed E-state index contributed by atoms with van der Waals surface area (Å²) < 4.78 is 13.9. The van der Waals surface area contributed by atoms with Gasteiger partial charge in [-0.2, -0.15) is 0 Å². The highest BCUT2D eigenvalue weighted by molar-refractivity contribution is 7.78. The molecular formula is C20H20NOP. The fourth-order valence-corrected chi connectivity index (χ4v) is 5.49. The van der Waals surface area contributed by atoms with Gasteiger partial charge in [0.1, 0.15) is 7.14 Å². The zero-order valence-corrected chi connectivity index (χ0v) is 14.1. The number of rotatable bonds is 5. The van der Waals surface area contributed by atoms with Crippen LogP contribution in [-0.2, 0) is 11.0 Å². The number of aryl methyl sites for hydroxylation is 2. The highest BCUT2D eigenvalue weighted by Gasteiger charge is 2.26. The molecule has 2 nitrogen and oxygen atoms in total. The van der Waals surface area contributed by atoms with Crippen LogP contribution in [0, 0.1) is 6.92 Å². The highest BCUT2D eigenvalue weighted by Crippen LogP contribution is 2.43. The molecule has 1 aromatic heterocycles. The molecule has 3 heteroatoms. The first kappa shape index (κ1) is 15.7. The Bertz CT molecular complexity index is 772. The van der Waals surface area contributed by atoms with Crippen molar-refractivity contribution in [2.75, 3.05) is 6.16 Å². The molecule has 116 valence electrons. The minimum absolute atomic E-state index is 0.629. The molecule has 2 aromatic carbocycles. The summed E-state index contributed by atoms with van der Waals surface area (Å²) in [4.78, 5) is 4.23. The summed E-state index contributed by atoms with van der Waals surface area (Å²) in [6.45, 7) is 1.98. The lowest BCUT2D eigenvalue weighted by Gasteiger charge is -2.19. The van der Waals surface area contributed by atoms with Gasteiger partial charge in [-0.15, -0.1) is 0 Å². The zero-order valence-electron chi connectivity index (χ0n) is 13.2. The first-order valence-electron chi connectivity index (χ1n) is 7.80. The summed E-state index contributed by atoms with van der Waals surface area (Å²) in [5.74, 6) is 0. The molecule has 0 bridgehead atoms. The van der Waals surface area contributed by atoms with Crippen LogP contribution in [0.1, 0.15) is 11.3 Å². The SMILES string of the molecule is Cc1cc(CCP(=O)(c2ccccc2)c2ccccc2)ccn1. The van der Waals surface area contributed by atoms with E-state index in [-0.39, 0.29) is 0 Å². The summed E-state index contributed by atoms with van der Waals surface area (Å²) in [5, 5.41) is 1.86. The number of nitrogens with zero attached hydrogens (tertiary/aromatic N) is 1. The summed E-state index contributed by atoms with van der Waals surface area (Å²) in [7, 11) is -2.63. The van der Waals surface area contributed by atoms with E-state index >= 15 is 0 Å². The molecule has 0 N–H and O–H groups in total. The molecule has 3 aromatic rings. The van der Waals surface area contributed by atoms with E-state index < -0.39 is 7.14 Å². The monoisotopic (exact) mass is 321 g/mol. The summed E-state index contributed by atoms with van der Waals surface area (Å²) in [6, 6.07) is 23.8. The van der Waals surface area contributed by atoms with E-state index in [1.807, 2.05) is 79.9 Å². The van der Waals surface area contributed by atoms with Gasteiger partial charge in [-0.3, -0.25) is 4.98 Å². The molecule has 0 radical (unpaired) electrons. The maximum Gasteiger partial charge on any atom is 0.143 e. The third-order valence-corrected chi connectivity index (χ3v) is 7.14. The van der Waals surface area contributed by atoms with Crippen LogP contribution < -0.4 is 10.6 Å². The van der Waals surface area contributed by atoms with Gasteiger partial charge in [0.15, 0.2) is 0 Å². The van der Waals surface area contributed by atoms with Crippen molar-refractivity contribution in [2.45, 2.75) is 13.3 Å². The largest absolute Gasteiger partial charge is 0.314 e. The first-order chi connectivity index (χ1) is 11.2. The Labute approximate surface area is 137 Å². The van der Waals surface area contributed by atoms with Gasteiger partial charge >= 0.3 is 0 Å². The van der Waals surface area contributed by atoms with E-state index in [0.717, 1.165) is 22.7 Å². The van der Waals surface area contributed by atoms with E-state index in [1.165, 1.54) is 5.56 Å². The fraction of sp³-hybridized carbons (Fsp3) is 0.150. The normalized spacial score (nSPS) is 11.3. The lowest BCUT2D eigenvalue weighted by atomic mass is 10.2. The van der Waals surface area contributed by atoms with E-state index in [9.17, 15) is 4.57 Å². The van der Waals surface area contributed by atoms with Crippen molar-refractivity contribution >= 4 is 17.8 Å². The molecule has 0 amide bonds. The van der Waals surface area contributed by atoms with Crippen molar-refractivity contribution in [3.05, 3.63) is 90.3 Å². The van der Waals surface area contributed by atoms with E-state index in [1.54, 1.807) is 0 Å². The molecule has 1 heterocycles. The second kappa shape index (κ2) is 6.93. The van der Waals surface area contributed by atoms with Crippen LogP contribution in [0.2, 0.25) is 0 Å². The summed E-state index contributed by atoms with van der Waals surface area (Å²) in [6.07, 6.45) is 3.23. The van der Waals surface area contributed by atoms with Gasteiger partial charge in [0.2, 0.25) is 0 Å². The van der Waals surface area contributed by atoms with Crippen molar-refractivity contribution in [2.24, 2.45) is 0 Å². The van der Waals surface area contributed by atoms with Gasteiger partial charge < -0.3 is 4.57 Å². The molecule has 0 spiro atoms. The minimum Gasteiger partial charge on any atom is -0.314 e. The van der Waals surface area contributed by atoms with E-state index in [0.29, 0.717) is 6.16 Å². The number of hydrogen-bond donors (Lipinski definition) is 0. The third-order valence-electron chi connectivity index (χ3n) is 4.02. The average Bonchev–Trinajstić information content (AvgIpc) is 2.61. The number of pyridine rings is 1. The van der Waals surface area contributed by atoms with Crippen LogP contribution in [0.4, 0.5) is 0 Å². The Morgan fingerprint density at radius 2 is 1.43 bits per heavy atom. The van der Waals surface area contributed by atoms with Crippen molar-refractivity contribution in [1.29, 1.82) is 0 Å². The quantitative estimate of drug-likeness (QED) is 0.666. The Kier molecular flexibility index (Phi) is 4.73. The molecule has 0 fully saturated rings. The smallest absolute Gasteiger partial charge is 0.143 e. The maximum atomic E-state index is 13.9. The standard InChI is InChI=1S/C20H20NOP/c1-17-16-18(12-14-21-17)13-15-23(22,19-8-4-2-5-9-19)20-10-6-3-7-11-20/h2-12,14,16H,13,15H2,1H3. The van der Waals surface area contributed by atoms with Gasteiger partial charge in [-0.25, -0.2) is 0 Å². The van der Waals surface area contributed by atoms with Crippen LogP contribution in [0.25, 0.3) is 0 Å². The number of hydrogen-bond acceptors (Lipinski definition) is 2. The summed E-state index contributed by atoms with van der Waals surface area (Å²) in [5.41, 5.74) is 2.18. The number of benzene rings is 2. The van der Waals surface area contributed by atoms with Crippen LogP contribution in [0.3, 0.4) is 0 Å². The molecular weight excluding hydrogens is 301 g/mol. The predicted octanol–water partition coefficient (Wildman–Crippen LogP) is 3.95. The van der Waals surface area contributed by atoms with Crippen molar-refractivity contribution < 1.29 is 4.57 Å².